The first-order valence-corrected chi connectivity index (χ1v) is 13.7. The third-order valence-electron chi connectivity index (χ3n) is 6.31. The number of hydrogen-bond acceptors (Lipinski definition) is 10. The lowest BCUT2D eigenvalue weighted by Crippen LogP contribution is -2.34. The van der Waals surface area contributed by atoms with Crippen molar-refractivity contribution in [2.24, 2.45) is 11.3 Å². The van der Waals surface area contributed by atoms with E-state index in [-0.39, 0.29) is 17.0 Å². The molecule has 3 fully saturated rings. The van der Waals surface area contributed by atoms with Gasteiger partial charge in [0.25, 0.3) is 0 Å². The normalized spacial score (nSPS) is 32.8. The maximum absolute atomic E-state index is 13.9. The first-order chi connectivity index (χ1) is 17.2. The summed E-state index contributed by atoms with van der Waals surface area (Å²) in [6.45, 7) is 11.2. The minimum Gasteiger partial charge on any atom is -0.382 e. The average Bonchev–Trinajstić information content (AvgIpc) is 3.01. The quantitative estimate of drug-likeness (QED) is 0.394. The molecule has 0 spiro atoms. The summed E-state index contributed by atoms with van der Waals surface area (Å²) in [7, 11) is -4.40. The monoisotopic (exact) mass is 545 g/mol. The lowest BCUT2D eigenvalue weighted by molar-refractivity contribution is -0.163. The van der Waals surface area contributed by atoms with Crippen molar-refractivity contribution in [2.45, 2.75) is 97.0 Å². The Labute approximate surface area is 218 Å². The molecule has 5 atom stereocenters. The van der Waals surface area contributed by atoms with E-state index in [9.17, 15) is 4.57 Å². The van der Waals surface area contributed by atoms with Gasteiger partial charge in [-0.3, -0.25) is 13.6 Å². The maximum atomic E-state index is 13.9. The number of nitrogen functional groups attached to an aromatic ring is 1. The number of hydrogen-bond donors (Lipinski definition) is 1. The Morgan fingerprint density at radius 3 is 2.47 bits per heavy atom. The minimum atomic E-state index is -4.40. The highest BCUT2D eigenvalue weighted by Crippen LogP contribution is 2.73. The van der Waals surface area contributed by atoms with Gasteiger partial charge in [0.2, 0.25) is 5.28 Å². The van der Waals surface area contributed by atoms with E-state index in [1.165, 1.54) is 0 Å². The summed E-state index contributed by atoms with van der Waals surface area (Å²) >= 11 is 6.10. The number of phosphoric ester groups is 1. The molecule has 200 valence electrons. The number of ether oxygens (including phenoxy) is 2. The van der Waals surface area contributed by atoms with E-state index in [2.05, 4.69) is 15.0 Å². The number of phosphoric acid groups is 1. The number of rotatable bonds is 6. The van der Waals surface area contributed by atoms with Crippen molar-refractivity contribution in [3.63, 3.8) is 0 Å². The predicted octanol–water partition coefficient (Wildman–Crippen LogP) is 4.90. The molecule has 13 heteroatoms. The number of halogens is 1. The number of anilines is 1. The first-order valence-electron chi connectivity index (χ1n) is 12.9. The summed E-state index contributed by atoms with van der Waals surface area (Å²) < 4.78 is 63.8. The van der Waals surface area contributed by atoms with Crippen molar-refractivity contribution in [2.75, 3.05) is 12.3 Å². The third kappa shape index (κ3) is 4.68. The second-order valence-electron chi connectivity index (χ2n) is 12.1. The smallest absolute Gasteiger partial charge is 0.382 e. The van der Waals surface area contributed by atoms with Crippen LogP contribution in [-0.2, 0) is 27.6 Å². The molecule has 3 heterocycles. The van der Waals surface area contributed by atoms with Crippen LogP contribution in [0.15, 0.2) is 6.33 Å². The fourth-order valence-corrected chi connectivity index (χ4v) is 7.15. The minimum absolute atomic E-state index is 0.0319. The van der Waals surface area contributed by atoms with E-state index < -0.39 is 55.0 Å². The summed E-state index contributed by atoms with van der Waals surface area (Å²) in [6.07, 6.45) is 0.627. The zero-order valence-electron chi connectivity index (χ0n) is 23.7. The lowest BCUT2D eigenvalue weighted by Gasteiger charge is -2.32. The van der Waals surface area contributed by atoms with E-state index >= 15 is 0 Å². The van der Waals surface area contributed by atoms with Gasteiger partial charge in [-0.05, 0) is 79.3 Å². The van der Waals surface area contributed by atoms with Crippen molar-refractivity contribution in [3.05, 3.63) is 11.6 Å². The number of aromatic nitrogens is 4. The number of nitrogens with zero attached hydrogens (tertiary/aromatic N) is 4. The Morgan fingerprint density at radius 1 is 1.22 bits per heavy atom. The molecule has 5 rings (SSSR count). The lowest BCUT2D eigenvalue weighted by atomic mass is 10.0. The molecule has 2 N–H and O–H groups in total. The van der Waals surface area contributed by atoms with Gasteiger partial charge in [0.05, 0.1) is 39.0 Å². The average molecular weight is 546 g/mol. The van der Waals surface area contributed by atoms with Gasteiger partial charge in [-0.1, -0.05) is 0 Å². The van der Waals surface area contributed by atoms with Crippen molar-refractivity contribution >= 4 is 36.4 Å². The molecule has 0 aromatic carbocycles. The Balaban J connectivity index is 1.56. The van der Waals surface area contributed by atoms with Crippen molar-refractivity contribution < 1.29 is 30.4 Å². The largest absolute Gasteiger partial charge is 0.475 e. The molecule has 3 aliphatic rings. The van der Waals surface area contributed by atoms with Crippen LogP contribution in [0.1, 0.15) is 70.6 Å². The molecule has 1 saturated heterocycles. The second kappa shape index (κ2) is 8.09. The van der Waals surface area contributed by atoms with Crippen LogP contribution in [0.2, 0.25) is 5.28 Å². The Morgan fingerprint density at radius 2 is 1.86 bits per heavy atom. The van der Waals surface area contributed by atoms with E-state index in [0.29, 0.717) is 17.6 Å². The highest BCUT2D eigenvalue weighted by Gasteiger charge is 2.76. The van der Waals surface area contributed by atoms with Gasteiger partial charge >= 0.3 is 7.82 Å². The Kier molecular flexibility index (Phi) is 5.34. The molecular weight excluding hydrogens is 509 g/mol. The summed E-state index contributed by atoms with van der Waals surface area (Å²) in [4.78, 5) is 12.7. The Hall–Kier alpha value is -1.33. The van der Waals surface area contributed by atoms with Crippen LogP contribution in [0.4, 0.5) is 5.82 Å². The van der Waals surface area contributed by atoms with Gasteiger partial charge in [-0.25, -0.2) is 9.55 Å². The van der Waals surface area contributed by atoms with Crippen molar-refractivity contribution in [1.82, 2.24) is 19.5 Å². The molecule has 11 nitrogen and oxygen atoms in total. The van der Waals surface area contributed by atoms with Gasteiger partial charge in [-0.15, -0.1) is 0 Å². The van der Waals surface area contributed by atoms with Gasteiger partial charge in [0.15, 0.2) is 17.3 Å². The first kappa shape index (κ1) is 23.8. The molecule has 0 bridgehead atoms. The molecule has 36 heavy (non-hydrogen) atoms. The molecule has 2 aliphatic carbocycles. The third-order valence-corrected chi connectivity index (χ3v) is 8.33. The SMILES string of the molecule is [2H]C([2H])(OP(=O)(OC(C)(C)C)OC(C)(C)C)[C@@]12C[C@@H]1[C@@H](n1cnc3c(N)nc(Cl)nc31)[C@@H]1OC(C)(C)O[C@@H]12. The summed E-state index contributed by atoms with van der Waals surface area (Å²) in [6, 6.07) is -0.442. The van der Waals surface area contributed by atoms with Gasteiger partial charge in [0, 0.05) is 5.41 Å². The van der Waals surface area contributed by atoms with Crippen LogP contribution in [0.25, 0.3) is 11.2 Å². The maximum Gasteiger partial charge on any atom is 0.475 e. The zero-order chi connectivity index (χ0) is 28.3. The molecule has 0 amide bonds. The summed E-state index contributed by atoms with van der Waals surface area (Å²) in [5.74, 6) is -1.20. The fraction of sp³-hybridized carbons (Fsp3) is 0.783. The number of imidazole rings is 1. The van der Waals surface area contributed by atoms with Crippen molar-refractivity contribution in [3.8, 4) is 0 Å². The van der Waals surface area contributed by atoms with Crippen molar-refractivity contribution in [1.29, 1.82) is 0 Å². The summed E-state index contributed by atoms with van der Waals surface area (Å²) in [5.41, 5.74) is 3.73. The fourth-order valence-electron chi connectivity index (χ4n) is 5.25. The zero-order valence-corrected chi connectivity index (χ0v) is 23.4. The van der Waals surface area contributed by atoms with Crippen LogP contribution < -0.4 is 5.73 Å². The van der Waals surface area contributed by atoms with Gasteiger partial charge < -0.3 is 19.8 Å². The van der Waals surface area contributed by atoms with E-state index in [1.54, 1.807) is 66.3 Å². The predicted molar refractivity (Wildman–Crippen MR) is 133 cm³/mol. The van der Waals surface area contributed by atoms with Gasteiger partial charge in [0.1, 0.15) is 11.6 Å². The van der Waals surface area contributed by atoms with Crippen LogP contribution in [0.5, 0.6) is 0 Å². The second-order valence-corrected chi connectivity index (χ2v) is 13.9. The van der Waals surface area contributed by atoms with Crippen LogP contribution >= 0.6 is 19.4 Å². The van der Waals surface area contributed by atoms with Crippen LogP contribution in [-0.4, -0.2) is 55.3 Å². The van der Waals surface area contributed by atoms with Gasteiger partial charge in [-0.2, -0.15) is 9.97 Å². The van der Waals surface area contributed by atoms with Crippen LogP contribution in [0.3, 0.4) is 0 Å². The van der Waals surface area contributed by atoms with E-state index in [0.717, 1.165) is 0 Å². The number of fused-ring (bicyclic) bond motifs is 4. The molecule has 0 unspecified atom stereocenters. The molecule has 2 saturated carbocycles. The Bertz CT molecular complexity index is 1310. The highest BCUT2D eigenvalue weighted by molar-refractivity contribution is 7.48. The molecular formula is C23H35ClN5O6P. The van der Waals surface area contributed by atoms with E-state index in [4.69, 9.17) is 43.1 Å². The van der Waals surface area contributed by atoms with E-state index in [1.807, 2.05) is 0 Å². The topological polar surface area (TPSA) is 133 Å². The standard InChI is InChI=1S/C23H35ClN5O6P/c1-20(2,3)34-36(30,35-21(4,5)6)31-10-23-9-12(23)14(15-16(23)33-22(7,8)32-15)29-11-26-13-17(25)27-19(24)28-18(13)29/h11-12,14-16H,9-10H2,1-8H3,(H2,25,27,28)/t12-,14-,15+,16+,23+/m1/s1/i10D2. The molecule has 1 aliphatic heterocycles. The van der Waals surface area contributed by atoms with Crippen LogP contribution in [0, 0.1) is 11.3 Å². The molecule has 2 aromatic rings. The molecule has 0 radical (unpaired) electrons. The molecule has 2 aromatic heterocycles. The summed E-state index contributed by atoms with van der Waals surface area (Å²) in [5, 5.41) is -0.0319. The highest BCUT2D eigenvalue weighted by atomic mass is 35.5. The number of nitrogens with two attached hydrogens (primary N) is 1.